The maximum Gasteiger partial charge on any atom is 0.255 e. The molecule has 2 N–H and O–H groups in total. The largest absolute Gasteiger partial charge is 0.441 e. The number of carbonyl (C=O) groups excluding carboxylic acids is 2. The summed E-state index contributed by atoms with van der Waals surface area (Å²) in [7, 11) is 1.81. The molecule has 0 radical (unpaired) electrons. The molecule has 2 aromatic heterocycles. The van der Waals surface area contributed by atoms with Crippen molar-refractivity contribution in [2.45, 2.75) is 18.5 Å². The summed E-state index contributed by atoms with van der Waals surface area (Å²) >= 11 is 1.28. The van der Waals surface area contributed by atoms with Gasteiger partial charge in [-0.1, -0.05) is 24.8 Å². The van der Waals surface area contributed by atoms with Crippen LogP contribution in [0.1, 0.15) is 23.2 Å². The van der Waals surface area contributed by atoms with Crippen LogP contribution in [0.25, 0.3) is 11.1 Å². The van der Waals surface area contributed by atoms with Gasteiger partial charge in [-0.25, -0.2) is 4.98 Å². The topological polar surface area (TPSA) is 115 Å². The molecule has 0 saturated carbocycles. The Hall–Kier alpha value is -3.66. The minimum Gasteiger partial charge on any atom is -0.441 e. The maximum absolute atomic E-state index is 12.7. The van der Waals surface area contributed by atoms with Gasteiger partial charge in [-0.3, -0.25) is 9.59 Å². The van der Waals surface area contributed by atoms with Crippen LogP contribution in [0, 0.1) is 0 Å². The number of anilines is 2. The van der Waals surface area contributed by atoms with Gasteiger partial charge in [-0.15, -0.1) is 10.2 Å². The highest BCUT2D eigenvalue weighted by atomic mass is 32.2. The lowest BCUT2D eigenvalue weighted by Gasteiger charge is -2.08. The number of amides is 2. The lowest BCUT2D eigenvalue weighted by atomic mass is 10.1. The first kappa shape index (κ1) is 20.6. The van der Waals surface area contributed by atoms with Crippen molar-refractivity contribution < 1.29 is 14.0 Å². The molecular formula is C21H20N6O3S. The van der Waals surface area contributed by atoms with E-state index in [1.54, 1.807) is 53.4 Å². The van der Waals surface area contributed by atoms with E-state index in [1.165, 1.54) is 11.8 Å². The predicted molar refractivity (Wildman–Crippen MR) is 118 cm³/mol. The molecule has 4 rings (SSSR count). The van der Waals surface area contributed by atoms with E-state index in [2.05, 4.69) is 25.8 Å². The Balaban J connectivity index is 1.39. The number of oxazole rings is 1. The molecule has 0 bridgehead atoms. The van der Waals surface area contributed by atoms with Gasteiger partial charge >= 0.3 is 0 Å². The number of thioether (sulfide) groups is 1. The van der Waals surface area contributed by atoms with Crippen LogP contribution in [-0.2, 0) is 18.3 Å². The molecule has 0 aliphatic carbocycles. The van der Waals surface area contributed by atoms with Gasteiger partial charge in [0, 0.05) is 30.4 Å². The van der Waals surface area contributed by atoms with E-state index in [9.17, 15) is 9.59 Å². The monoisotopic (exact) mass is 436 g/mol. The fraction of sp³-hybridized carbons (Fsp3) is 0.190. The molecule has 31 heavy (non-hydrogen) atoms. The van der Waals surface area contributed by atoms with Gasteiger partial charge in [0.05, 0.1) is 5.75 Å². The van der Waals surface area contributed by atoms with Crippen LogP contribution in [0.2, 0.25) is 0 Å². The normalized spacial score (nSPS) is 10.9. The molecule has 0 aliphatic rings. The third kappa shape index (κ3) is 4.92. The first-order valence-corrected chi connectivity index (χ1v) is 10.6. The maximum atomic E-state index is 12.7. The second-order valence-corrected chi connectivity index (χ2v) is 7.68. The zero-order chi connectivity index (χ0) is 21.8. The van der Waals surface area contributed by atoms with E-state index >= 15 is 0 Å². The molecule has 0 spiro atoms. The van der Waals surface area contributed by atoms with Crippen LogP contribution in [0.5, 0.6) is 0 Å². The van der Waals surface area contributed by atoms with Crippen LogP contribution in [0.4, 0.5) is 11.4 Å². The van der Waals surface area contributed by atoms with Gasteiger partial charge in [0.25, 0.3) is 5.91 Å². The Labute approximate surface area is 182 Å². The van der Waals surface area contributed by atoms with Gasteiger partial charge in [0.2, 0.25) is 5.91 Å². The van der Waals surface area contributed by atoms with Gasteiger partial charge in [-0.05, 0) is 36.4 Å². The van der Waals surface area contributed by atoms with Crippen LogP contribution >= 0.6 is 11.8 Å². The first-order valence-electron chi connectivity index (χ1n) is 9.59. The highest BCUT2D eigenvalue weighted by molar-refractivity contribution is 7.99. The molecule has 2 amide bonds. The van der Waals surface area contributed by atoms with Gasteiger partial charge in [0.1, 0.15) is 11.8 Å². The molecule has 0 fully saturated rings. The van der Waals surface area contributed by atoms with Crippen molar-refractivity contribution in [3.8, 4) is 0 Å². The molecule has 9 nitrogen and oxygen atoms in total. The van der Waals surface area contributed by atoms with Crippen molar-refractivity contribution in [1.82, 2.24) is 19.7 Å². The minimum absolute atomic E-state index is 0.181. The number of benzene rings is 2. The Morgan fingerprint density at radius 1 is 1.13 bits per heavy atom. The van der Waals surface area contributed by atoms with Crippen LogP contribution < -0.4 is 10.6 Å². The fourth-order valence-corrected chi connectivity index (χ4v) is 3.56. The van der Waals surface area contributed by atoms with Crippen molar-refractivity contribution in [2.75, 3.05) is 16.4 Å². The average molecular weight is 436 g/mol. The van der Waals surface area contributed by atoms with Crippen molar-refractivity contribution in [1.29, 1.82) is 0 Å². The summed E-state index contributed by atoms with van der Waals surface area (Å²) in [6.07, 6.45) is 2.28. The number of nitrogens with zero attached hydrogens (tertiary/aromatic N) is 4. The van der Waals surface area contributed by atoms with E-state index in [4.69, 9.17) is 4.42 Å². The zero-order valence-electron chi connectivity index (χ0n) is 17.0. The Bertz CT molecular complexity index is 1250. The summed E-state index contributed by atoms with van der Waals surface area (Å²) in [4.78, 5) is 29.3. The number of carbonyl (C=O) groups is 2. The van der Waals surface area contributed by atoms with Gasteiger partial charge in [-0.2, -0.15) is 0 Å². The molecule has 0 unspecified atom stereocenters. The predicted octanol–water partition coefficient (Wildman–Crippen LogP) is 3.50. The number of nitrogens with one attached hydrogen (secondary N) is 2. The third-order valence-electron chi connectivity index (χ3n) is 4.40. The summed E-state index contributed by atoms with van der Waals surface area (Å²) in [5.41, 5.74) is 2.95. The first-order chi connectivity index (χ1) is 15.0. The molecule has 10 heteroatoms. The number of hydrogen-bond donors (Lipinski definition) is 2. The Kier molecular flexibility index (Phi) is 5.99. The minimum atomic E-state index is -0.289. The zero-order valence-corrected chi connectivity index (χ0v) is 17.8. The average Bonchev–Trinajstić information content (AvgIpc) is 3.37. The molecule has 158 valence electrons. The van der Waals surface area contributed by atoms with Crippen molar-refractivity contribution in [2.24, 2.45) is 7.05 Å². The molecule has 4 aromatic rings. The summed E-state index contributed by atoms with van der Waals surface area (Å²) in [6, 6.07) is 12.1. The Morgan fingerprint density at radius 2 is 1.97 bits per heavy atom. The fourth-order valence-electron chi connectivity index (χ4n) is 2.88. The van der Waals surface area contributed by atoms with E-state index in [0.717, 1.165) is 0 Å². The highest BCUT2D eigenvalue weighted by Crippen LogP contribution is 2.21. The van der Waals surface area contributed by atoms with Crippen molar-refractivity contribution >= 4 is 46.1 Å². The number of aryl methyl sites for hydroxylation is 2. The van der Waals surface area contributed by atoms with Crippen LogP contribution in [-0.4, -0.2) is 37.3 Å². The lowest BCUT2D eigenvalue weighted by molar-refractivity contribution is -0.113. The number of aromatic nitrogens is 4. The molecule has 2 aromatic carbocycles. The van der Waals surface area contributed by atoms with E-state index in [1.807, 2.05) is 14.0 Å². The summed E-state index contributed by atoms with van der Waals surface area (Å²) in [5, 5.41) is 14.0. The second-order valence-electron chi connectivity index (χ2n) is 6.74. The van der Waals surface area contributed by atoms with Crippen molar-refractivity contribution in [3.63, 3.8) is 0 Å². The van der Waals surface area contributed by atoms with Crippen LogP contribution in [0.15, 0.2) is 58.4 Å². The molecule has 0 saturated heterocycles. The molecule has 2 heterocycles. The summed E-state index contributed by atoms with van der Waals surface area (Å²) < 4.78 is 7.33. The second kappa shape index (κ2) is 9.00. The molecule has 0 atom stereocenters. The Morgan fingerprint density at radius 3 is 2.74 bits per heavy atom. The summed E-state index contributed by atoms with van der Waals surface area (Å²) in [6.45, 7) is 1.97. The summed E-state index contributed by atoms with van der Waals surface area (Å²) in [5.74, 6) is 0.344. The lowest BCUT2D eigenvalue weighted by Crippen LogP contribution is -2.16. The standard InChI is InChI=1S/C21H20N6O3S/c1-3-19-25-16-10-15(7-8-17(16)30-19)24-20(29)13-5-4-6-14(9-13)23-18(28)11-31-21-26-22-12-27(21)2/h4-10,12H,3,11H2,1-2H3,(H,23,28)(H,24,29). The smallest absolute Gasteiger partial charge is 0.255 e. The third-order valence-corrected chi connectivity index (χ3v) is 5.44. The van der Waals surface area contributed by atoms with E-state index < -0.39 is 0 Å². The number of fused-ring (bicyclic) bond motifs is 1. The number of rotatable bonds is 7. The number of hydrogen-bond acceptors (Lipinski definition) is 7. The van der Waals surface area contributed by atoms with Gasteiger partial charge in [0.15, 0.2) is 16.6 Å². The van der Waals surface area contributed by atoms with E-state index in [-0.39, 0.29) is 17.6 Å². The van der Waals surface area contributed by atoms with Crippen LogP contribution in [0.3, 0.4) is 0 Å². The molecule has 0 aliphatic heterocycles. The van der Waals surface area contributed by atoms with E-state index in [0.29, 0.717) is 45.5 Å². The van der Waals surface area contributed by atoms with Crippen molar-refractivity contribution in [3.05, 3.63) is 60.2 Å². The quantitative estimate of drug-likeness (QED) is 0.426. The highest BCUT2D eigenvalue weighted by Gasteiger charge is 2.11. The molecular weight excluding hydrogens is 416 g/mol. The van der Waals surface area contributed by atoms with Gasteiger partial charge < -0.3 is 19.6 Å². The SMILES string of the molecule is CCc1nc2cc(NC(=O)c3cccc(NC(=O)CSc4nncn4C)c3)ccc2o1.